The molecule has 12 heavy (non-hydrogen) atoms. The van der Waals surface area contributed by atoms with Crippen LogP contribution in [0.2, 0.25) is 0 Å². The molecule has 1 rings (SSSR count). The largest absolute Gasteiger partial charge is 0.393 e. The van der Waals surface area contributed by atoms with Crippen LogP contribution < -0.4 is 0 Å². The van der Waals surface area contributed by atoms with Gasteiger partial charge in [0.05, 0.1) is 6.10 Å². The third kappa shape index (κ3) is 1.53. The van der Waals surface area contributed by atoms with Crippen LogP contribution in [0, 0.1) is 10.8 Å². The minimum atomic E-state index is -0.279. The fourth-order valence-electron chi connectivity index (χ4n) is 1.90. The van der Waals surface area contributed by atoms with E-state index in [-0.39, 0.29) is 16.9 Å². The van der Waals surface area contributed by atoms with Crippen LogP contribution in [-0.4, -0.2) is 17.5 Å². The van der Waals surface area contributed by atoms with Crippen LogP contribution in [0.15, 0.2) is 0 Å². The summed E-state index contributed by atoms with van der Waals surface area (Å²) in [5.41, 5.74) is 0.0492. The Hall–Kier alpha value is -0.370. The molecule has 1 fully saturated rings. The van der Waals surface area contributed by atoms with Crippen LogP contribution in [0.5, 0.6) is 0 Å². The van der Waals surface area contributed by atoms with Crippen molar-refractivity contribution < 1.29 is 9.90 Å². The van der Waals surface area contributed by atoms with Crippen LogP contribution in [0.1, 0.15) is 40.0 Å². The van der Waals surface area contributed by atoms with Crippen molar-refractivity contribution in [3.8, 4) is 0 Å². The molecule has 0 saturated heterocycles. The smallest absolute Gasteiger partial charge is 0.126 e. The van der Waals surface area contributed by atoms with Crippen LogP contribution in [0.25, 0.3) is 0 Å². The van der Waals surface area contributed by atoms with E-state index in [1.54, 1.807) is 6.92 Å². The van der Waals surface area contributed by atoms with E-state index >= 15 is 0 Å². The first kappa shape index (κ1) is 9.72. The number of hydrogen-bond acceptors (Lipinski definition) is 2. The van der Waals surface area contributed by atoms with Gasteiger partial charge in [0.15, 0.2) is 0 Å². The zero-order chi connectivity index (χ0) is 9.41. The highest BCUT2D eigenvalue weighted by atomic mass is 16.3. The second-order valence-corrected chi connectivity index (χ2v) is 4.72. The van der Waals surface area contributed by atoms with Gasteiger partial charge in [0.25, 0.3) is 0 Å². The summed E-state index contributed by atoms with van der Waals surface area (Å²) in [6, 6.07) is 0. The van der Waals surface area contributed by atoms with E-state index in [1.165, 1.54) is 0 Å². The summed E-state index contributed by atoms with van der Waals surface area (Å²) >= 11 is 0. The van der Waals surface area contributed by atoms with Crippen molar-refractivity contribution in [1.82, 2.24) is 0 Å². The molecule has 2 nitrogen and oxygen atoms in total. The van der Waals surface area contributed by atoms with E-state index < -0.39 is 0 Å². The molecule has 1 aliphatic carbocycles. The zero-order valence-corrected chi connectivity index (χ0v) is 8.13. The van der Waals surface area contributed by atoms with E-state index in [0.29, 0.717) is 0 Å². The molecule has 0 radical (unpaired) electrons. The lowest BCUT2D eigenvalue weighted by Gasteiger charge is -2.13. The Kier molecular flexibility index (Phi) is 2.30. The summed E-state index contributed by atoms with van der Waals surface area (Å²) in [5.74, 6) is 0. The quantitative estimate of drug-likeness (QED) is 0.653. The number of carbonyl (C=O) groups excluding carboxylic acids is 1. The molecule has 0 aromatic heterocycles. The number of aliphatic hydroxyl groups excluding tert-OH is 1. The molecule has 2 atom stereocenters. The van der Waals surface area contributed by atoms with E-state index in [4.69, 9.17) is 5.11 Å². The van der Waals surface area contributed by atoms with Crippen molar-refractivity contribution in [2.24, 2.45) is 10.8 Å². The molecule has 0 heterocycles. The molecule has 0 aliphatic heterocycles. The molecule has 0 aromatic rings. The Morgan fingerprint density at radius 1 is 1.58 bits per heavy atom. The van der Waals surface area contributed by atoms with E-state index in [9.17, 15) is 4.79 Å². The maximum atomic E-state index is 10.8. The molecule has 0 spiro atoms. The molecule has 70 valence electrons. The van der Waals surface area contributed by atoms with Gasteiger partial charge in [-0.3, -0.25) is 0 Å². The van der Waals surface area contributed by atoms with E-state index in [1.807, 2.05) is 0 Å². The fraction of sp³-hybridized carbons (Fsp3) is 0.900. The Morgan fingerprint density at radius 3 is 2.33 bits per heavy atom. The minimum Gasteiger partial charge on any atom is -0.393 e. The van der Waals surface area contributed by atoms with Crippen molar-refractivity contribution in [3.05, 3.63) is 0 Å². The van der Waals surface area contributed by atoms with Gasteiger partial charge in [-0.1, -0.05) is 13.8 Å². The lowest BCUT2D eigenvalue weighted by molar-refractivity contribution is -0.113. The van der Waals surface area contributed by atoms with Gasteiger partial charge < -0.3 is 9.90 Å². The molecule has 1 aliphatic rings. The van der Waals surface area contributed by atoms with Crippen molar-refractivity contribution in [1.29, 1.82) is 0 Å². The van der Waals surface area contributed by atoms with E-state index in [2.05, 4.69) is 13.8 Å². The standard InChI is InChI=1S/C10H18O2/c1-8(12)4-5-10(7-11)6-9(10,2)3/h7-8,12H,4-6H2,1-3H3. The molecule has 0 bridgehead atoms. The van der Waals surface area contributed by atoms with Gasteiger partial charge in [-0.2, -0.15) is 0 Å². The number of aldehydes is 1. The number of hydrogen-bond donors (Lipinski definition) is 1. The minimum absolute atomic E-state index is 0.121. The average Bonchev–Trinajstić information content (AvgIpc) is 2.51. The highest BCUT2D eigenvalue weighted by Gasteiger charge is 2.60. The summed E-state index contributed by atoms with van der Waals surface area (Å²) in [5, 5.41) is 9.09. The molecule has 2 unspecified atom stereocenters. The average molecular weight is 170 g/mol. The van der Waals surface area contributed by atoms with Crippen molar-refractivity contribution in [2.45, 2.75) is 46.1 Å². The lowest BCUT2D eigenvalue weighted by atomic mass is 9.91. The summed E-state index contributed by atoms with van der Waals surface area (Å²) in [6.07, 6.45) is 3.35. The SMILES string of the molecule is CC(O)CCC1(C=O)CC1(C)C. The van der Waals surface area contributed by atoms with Gasteiger partial charge in [0.1, 0.15) is 6.29 Å². The molecule has 1 N–H and O–H groups in total. The summed E-state index contributed by atoms with van der Waals surface area (Å²) in [7, 11) is 0. The van der Waals surface area contributed by atoms with Crippen molar-refractivity contribution in [2.75, 3.05) is 0 Å². The number of carbonyl (C=O) groups is 1. The molecule has 0 amide bonds. The Balaban J connectivity index is 2.45. The van der Waals surface area contributed by atoms with Gasteiger partial charge in [0, 0.05) is 5.41 Å². The van der Waals surface area contributed by atoms with Gasteiger partial charge in [-0.15, -0.1) is 0 Å². The third-order valence-electron chi connectivity index (χ3n) is 3.21. The van der Waals surface area contributed by atoms with Gasteiger partial charge in [-0.25, -0.2) is 0 Å². The van der Waals surface area contributed by atoms with Gasteiger partial charge in [-0.05, 0) is 31.6 Å². The van der Waals surface area contributed by atoms with Gasteiger partial charge in [0.2, 0.25) is 0 Å². The predicted molar refractivity (Wildman–Crippen MR) is 47.8 cm³/mol. The van der Waals surface area contributed by atoms with E-state index in [0.717, 1.165) is 25.5 Å². The number of aliphatic hydroxyl groups is 1. The maximum Gasteiger partial charge on any atom is 0.126 e. The van der Waals surface area contributed by atoms with Crippen LogP contribution in [0.4, 0.5) is 0 Å². The molecule has 2 heteroatoms. The summed E-state index contributed by atoms with van der Waals surface area (Å²) in [4.78, 5) is 10.8. The molecule has 1 saturated carbocycles. The molecular weight excluding hydrogens is 152 g/mol. The molecule has 0 aromatic carbocycles. The normalized spacial score (nSPS) is 34.3. The lowest BCUT2D eigenvalue weighted by Crippen LogP contribution is -2.13. The second-order valence-electron chi connectivity index (χ2n) is 4.72. The van der Waals surface area contributed by atoms with Crippen LogP contribution >= 0.6 is 0 Å². The fourth-order valence-corrected chi connectivity index (χ4v) is 1.90. The first-order valence-electron chi connectivity index (χ1n) is 4.58. The number of rotatable bonds is 4. The third-order valence-corrected chi connectivity index (χ3v) is 3.21. The zero-order valence-electron chi connectivity index (χ0n) is 8.13. The maximum absolute atomic E-state index is 10.8. The van der Waals surface area contributed by atoms with Crippen LogP contribution in [0.3, 0.4) is 0 Å². The Labute approximate surface area is 74.0 Å². The summed E-state index contributed by atoms with van der Waals surface area (Å²) < 4.78 is 0. The van der Waals surface area contributed by atoms with Crippen molar-refractivity contribution in [3.63, 3.8) is 0 Å². The molecular formula is C10H18O2. The highest BCUT2D eigenvalue weighted by Crippen LogP contribution is 2.64. The first-order valence-corrected chi connectivity index (χ1v) is 4.58. The predicted octanol–water partition coefficient (Wildman–Crippen LogP) is 1.76. The second kappa shape index (κ2) is 2.84. The monoisotopic (exact) mass is 170 g/mol. The summed E-state index contributed by atoms with van der Waals surface area (Å²) in [6.45, 7) is 6.00. The first-order chi connectivity index (χ1) is 5.43. The van der Waals surface area contributed by atoms with Crippen LogP contribution in [-0.2, 0) is 4.79 Å². The Morgan fingerprint density at radius 2 is 2.08 bits per heavy atom. The van der Waals surface area contributed by atoms with Gasteiger partial charge >= 0.3 is 0 Å². The Bertz CT molecular complexity index is 184. The van der Waals surface area contributed by atoms with Crippen molar-refractivity contribution >= 4 is 6.29 Å². The topological polar surface area (TPSA) is 37.3 Å². The highest BCUT2D eigenvalue weighted by molar-refractivity contribution is 5.66.